The minimum absolute atomic E-state index is 0.0383. The van der Waals surface area contributed by atoms with Crippen molar-refractivity contribution in [2.75, 3.05) is 0 Å². The van der Waals surface area contributed by atoms with E-state index in [1.165, 1.54) is 0 Å². The van der Waals surface area contributed by atoms with Crippen molar-refractivity contribution in [2.24, 2.45) is 0 Å². The van der Waals surface area contributed by atoms with Crippen LogP contribution in [0.4, 0.5) is 0 Å². The molecule has 0 aromatic heterocycles. The van der Waals surface area contributed by atoms with Crippen molar-refractivity contribution in [1.82, 2.24) is 0 Å². The van der Waals surface area contributed by atoms with Crippen molar-refractivity contribution in [1.29, 1.82) is 0 Å². The quantitative estimate of drug-likeness (QED) is 0.817. The monoisotopic (exact) mass is 336 g/mol. The first-order valence-corrected chi connectivity index (χ1v) is 8.46. The standard InChI is InChI=1S/C21H20O4/c1-11(2)18-10-16-19(25-18)9-14-7-13(8-17(23)20(14)21(16)24)12-3-5-15(22)6-4-12/h3-6,9,13,18,22,24H,1,7-8,10H2,2H3/t13-,18+/m1/s1. The highest BCUT2D eigenvalue weighted by Crippen LogP contribution is 2.45. The van der Waals surface area contributed by atoms with Crippen LogP contribution in [0.3, 0.4) is 0 Å². The number of hydrogen-bond donors (Lipinski definition) is 2. The van der Waals surface area contributed by atoms with Gasteiger partial charge in [-0.25, -0.2) is 0 Å². The third-order valence-electron chi connectivity index (χ3n) is 5.20. The molecule has 0 unspecified atom stereocenters. The molecule has 0 saturated heterocycles. The van der Waals surface area contributed by atoms with E-state index in [0.29, 0.717) is 36.1 Å². The fourth-order valence-corrected chi connectivity index (χ4v) is 3.81. The van der Waals surface area contributed by atoms with E-state index >= 15 is 0 Å². The molecule has 2 N–H and O–H groups in total. The summed E-state index contributed by atoms with van der Waals surface area (Å²) in [4.78, 5) is 12.7. The third kappa shape index (κ3) is 2.58. The number of benzene rings is 2. The molecule has 2 aromatic carbocycles. The second-order valence-corrected chi connectivity index (χ2v) is 7.01. The second-order valence-electron chi connectivity index (χ2n) is 7.01. The summed E-state index contributed by atoms with van der Waals surface area (Å²) in [5.74, 6) is 0.935. The number of phenolic OH excluding ortho intramolecular Hbond substituents is 2. The van der Waals surface area contributed by atoms with Crippen molar-refractivity contribution in [2.45, 2.75) is 38.2 Å². The molecule has 1 aliphatic heterocycles. The Morgan fingerprint density at radius 3 is 2.56 bits per heavy atom. The zero-order valence-electron chi connectivity index (χ0n) is 14.1. The molecule has 1 heterocycles. The van der Waals surface area contributed by atoms with Gasteiger partial charge in [-0.15, -0.1) is 0 Å². The first-order chi connectivity index (χ1) is 11.9. The van der Waals surface area contributed by atoms with Crippen LogP contribution >= 0.6 is 0 Å². The van der Waals surface area contributed by atoms with Crippen molar-refractivity contribution >= 4 is 5.78 Å². The number of ketones is 1. The largest absolute Gasteiger partial charge is 0.508 e. The van der Waals surface area contributed by atoms with Gasteiger partial charge in [0.25, 0.3) is 0 Å². The molecule has 2 atom stereocenters. The van der Waals surface area contributed by atoms with Gasteiger partial charge in [0.2, 0.25) is 0 Å². The number of hydrogen-bond acceptors (Lipinski definition) is 4. The average Bonchev–Trinajstić information content (AvgIpc) is 3.00. The summed E-state index contributed by atoms with van der Waals surface area (Å²) in [6.45, 7) is 5.83. The predicted octanol–water partition coefficient (Wildman–Crippen LogP) is 3.89. The van der Waals surface area contributed by atoms with Crippen LogP contribution in [0, 0.1) is 0 Å². The summed E-state index contributed by atoms with van der Waals surface area (Å²) in [5, 5.41) is 20.1. The van der Waals surface area contributed by atoms with E-state index in [9.17, 15) is 15.0 Å². The van der Waals surface area contributed by atoms with Gasteiger partial charge in [0.15, 0.2) is 5.78 Å². The molecule has 0 spiro atoms. The maximum atomic E-state index is 12.7. The molecule has 0 bridgehead atoms. The molecule has 25 heavy (non-hydrogen) atoms. The first kappa shape index (κ1) is 15.8. The number of aromatic hydroxyl groups is 2. The SMILES string of the molecule is C=C(C)[C@@H]1Cc2c(cc3c(c2O)C(=O)C[C@H](c2ccc(O)cc2)C3)O1. The van der Waals surface area contributed by atoms with Crippen LogP contribution in [0.1, 0.15) is 46.3 Å². The Morgan fingerprint density at radius 2 is 1.88 bits per heavy atom. The summed E-state index contributed by atoms with van der Waals surface area (Å²) >= 11 is 0. The normalized spacial score (nSPS) is 21.4. The molecule has 4 nitrogen and oxygen atoms in total. The fourth-order valence-electron chi connectivity index (χ4n) is 3.81. The summed E-state index contributed by atoms with van der Waals surface area (Å²) in [7, 11) is 0. The van der Waals surface area contributed by atoms with E-state index in [4.69, 9.17) is 4.74 Å². The lowest BCUT2D eigenvalue weighted by atomic mass is 9.78. The zero-order valence-corrected chi connectivity index (χ0v) is 14.1. The van der Waals surface area contributed by atoms with Gasteiger partial charge in [-0.05, 0) is 54.2 Å². The van der Waals surface area contributed by atoms with Crippen molar-refractivity contribution < 1.29 is 19.7 Å². The van der Waals surface area contributed by atoms with Crippen molar-refractivity contribution in [3.05, 3.63) is 64.7 Å². The molecule has 2 aliphatic rings. The van der Waals surface area contributed by atoms with E-state index in [-0.39, 0.29) is 29.3 Å². The molecule has 128 valence electrons. The fraction of sp³-hybridized carbons (Fsp3) is 0.286. The molecule has 0 radical (unpaired) electrons. The Labute approximate surface area is 146 Å². The van der Waals surface area contributed by atoms with Crippen LogP contribution in [-0.2, 0) is 12.8 Å². The Kier molecular flexibility index (Phi) is 3.57. The maximum Gasteiger partial charge on any atom is 0.167 e. The Hall–Kier alpha value is -2.75. The molecule has 4 rings (SSSR count). The number of rotatable bonds is 2. The topological polar surface area (TPSA) is 66.8 Å². The van der Waals surface area contributed by atoms with E-state index < -0.39 is 0 Å². The maximum absolute atomic E-state index is 12.7. The molecular formula is C21H20O4. The minimum atomic E-state index is -0.146. The Balaban J connectivity index is 1.72. The summed E-state index contributed by atoms with van der Waals surface area (Å²) in [6.07, 6.45) is 1.42. The number of Topliss-reactive ketones (excluding diaryl/α,β-unsaturated/α-hetero) is 1. The highest BCUT2D eigenvalue weighted by molar-refractivity contribution is 6.02. The second kappa shape index (κ2) is 5.66. The Bertz CT molecular complexity index is 880. The van der Waals surface area contributed by atoms with Gasteiger partial charge in [0.1, 0.15) is 23.4 Å². The molecule has 2 aromatic rings. The van der Waals surface area contributed by atoms with Gasteiger partial charge in [0.05, 0.1) is 5.56 Å². The van der Waals surface area contributed by atoms with Gasteiger partial charge in [0, 0.05) is 18.4 Å². The number of carbonyl (C=O) groups excluding carboxylic acids is 1. The average molecular weight is 336 g/mol. The number of fused-ring (bicyclic) bond motifs is 2. The molecule has 0 saturated carbocycles. The zero-order chi connectivity index (χ0) is 17.7. The van der Waals surface area contributed by atoms with Crippen LogP contribution in [0.25, 0.3) is 0 Å². The van der Waals surface area contributed by atoms with E-state index in [0.717, 1.165) is 16.7 Å². The highest BCUT2D eigenvalue weighted by atomic mass is 16.5. The van der Waals surface area contributed by atoms with Crippen LogP contribution in [0.15, 0.2) is 42.5 Å². The van der Waals surface area contributed by atoms with Gasteiger partial charge >= 0.3 is 0 Å². The van der Waals surface area contributed by atoms with Crippen LogP contribution in [0.2, 0.25) is 0 Å². The van der Waals surface area contributed by atoms with Gasteiger partial charge in [-0.2, -0.15) is 0 Å². The number of ether oxygens (including phenoxy) is 1. The minimum Gasteiger partial charge on any atom is -0.508 e. The highest BCUT2D eigenvalue weighted by Gasteiger charge is 2.35. The van der Waals surface area contributed by atoms with E-state index in [1.807, 2.05) is 25.1 Å². The van der Waals surface area contributed by atoms with Gasteiger partial charge in [-0.1, -0.05) is 18.7 Å². The lowest BCUT2D eigenvalue weighted by Gasteiger charge is -2.25. The van der Waals surface area contributed by atoms with Gasteiger partial charge in [-0.3, -0.25) is 4.79 Å². The number of carbonyl (C=O) groups is 1. The van der Waals surface area contributed by atoms with Crippen molar-refractivity contribution in [3.63, 3.8) is 0 Å². The lowest BCUT2D eigenvalue weighted by Crippen LogP contribution is -2.19. The molecule has 0 amide bonds. The first-order valence-electron chi connectivity index (χ1n) is 8.46. The summed E-state index contributed by atoms with van der Waals surface area (Å²) in [5.41, 5.74) is 3.90. The number of phenols is 2. The predicted molar refractivity (Wildman–Crippen MR) is 94.5 cm³/mol. The van der Waals surface area contributed by atoms with E-state index in [2.05, 4.69) is 6.58 Å². The summed E-state index contributed by atoms with van der Waals surface area (Å²) < 4.78 is 5.90. The molecule has 0 fully saturated rings. The molecular weight excluding hydrogens is 316 g/mol. The summed E-state index contributed by atoms with van der Waals surface area (Å²) in [6, 6.07) is 8.86. The van der Waals surface area contributed by atoms with Crippen LogP contribution < -0.4 is 4.74 Å². The third-order valence-corrected chi connectivity index (χ3v) is 5.20. The smallest absolute Gasteiger partial charge is 0.167 e. The molecule has 4 heteroatoms. The Morgan fingerprint density at radius 1 is 1.16 bits per heavy atom. The van der Waals surface area contributed by atoms with E-state index in [1.54, 1.807) is 12.1 Å². The van der Waals surface area contributed by atoms with Crippen molar-refractivity contribution in [3.8, 4) is 17.2 Å². The van der Waals surface area contributed by atoms with Crippen LogP contribution in [-0.4, -0.2) is 22.1 Å². The molecule has 1 aliphatic carbocycles. The van der Waals surface area contributed by atoms with Crippen LogP contribution in [0.5, 0.6) is 17.2 Å². The lowest BCUT2D eigenvalue weighted by molar-refractivity contribution is 0.0961. The van der Waals surface area contributed by atoms with Gasteiger partial charge < -0.3 is 14.9 Å².